The van der Waals surface area contributed by atoms with Crippen molar-refractivity contribution >= 4 is 6.09 Å². The number of amides is 1. The summed E-state index contributed by atoms with van der Waals surface area (Å²) in [4.78, 5) is 11.7. The van der Waals surface area contributed by atoms with E-state index in [1.807, 2.05) is 27.7 Å². The third-order valence-corrected chi connectivity index (χ3v) is 3.25. The fourth-order valence-electron chi connectivity index (χ4n) is 2.26. The lowest BCUT2D eigenvalue weighted by molar-refractivity contribution is 0.0189. The van der Waals surface area contributed by atoms with Gasteiger partial charge in [-0.05, 0) is 40.5 Å². The Hall–Kier alpha value is -0.810. The van der Waals surface area contributed by atoms with E-state index in [4.69, 9.17) is 9.47 Å². The van der Waals surface area contributed by atoms with Crippen LogP contribution in [0.4, 0.5) is 4.79 Å². The smallest absolute Gasteiger partial charge is 0.407 e. The molecule has 0 aromatic heterocycles. The molecule has 2 unspecified atom stereocenters. The van der Waals surface area contributed by atoms with Crippen molar-refractivity contribution in [1.82, 2.24) is 5.32 Å². The van der Waals surface area contributed by atoms with Crippen molar-refractivity contribution in [2.45, 2.75) is 65.6 Å². The normalized spacial score (nSPS) is 16.4. The van der Waals surface area contributed by atoms with Crippen LogP contribution in [-0.4, -0.2) is 43.2 Å². The van der Waals surface area contributed by atoms with Gasteiger partial charge >= 0.3 is 6.09 Å². The Kier molecular flexibility index (Phi) is 8.13. The van der Waals surface area contributed by atoms with Crippen molar-refractivity contribution in [3.8, 4) is 0 Å². The highest BCUT2D eigenvalue weighted by atomic mass is 16.6. The number of aliphatic hydroxyl groups excluding tert-OH is 1. The van der Waals surface area contributed by atoms with Gasteiger partial charge in [0.15, 0.2) is 0 Å². The summed E-state index contributed by atoms with van der Waals surface area (Å²) in [6, 6.07) is 0. The molecule has 0 fully saturated rings. The number of carbonyl (C=O) groups excluding carboxylic acids is 1. The molecule has 0 bridgehead atoms. The Morgan fingerprint density at radius 3 is 2.35 bits per heavy atom. The third kappa shape index (κ3) is 7.70. The minimum absolute atomic E-state index is 0.0182. The van der Waals surface area contributed by atoms with Crippen molar-refractivity contribution in [2.24, 2.45) is 5.41 Å². The van der Waals surface area contributed by atoms with Gasteiger partial charge in [-0.25, -0.2) is 4.79 Å². The molecular weight excluding hydrogens is 258 g/mol. The number of alkyl carbamates (subject to hydrolysis) is 1. The molecular formula is C15H31NO4. The molecule has 0 spiro atoms. The van der Waals surface area contributed by atoms with Crippen LogP contribution in [0.2, 0.25) is 0 Å². The van der Waals surface area contributed by atoms with Gasteiger partial charge in [0.1, 0.15) is 5.60 Å². The Balaban J connectivity index is 4.60. The SMILES string of the molecule is CCCC(CO)(CNC(=O)OC(C)(C)C)CC(C)OC. The summed E-state index contributed by atoms with van der Waals surface area (Å²) in [5.74, 6) is 0. The van der Waals surface area contributed by atoms with Crippen LogP contribution in [-0.2, 0) is 9.47 Å². The highest BCUT2D eigenvalue weighted by Crippen LogP contribution is 2.29. The lowest BCUT2D eigenvalue weighted by Gasteiger charge is -2.34. The second-order valence-electron chi connectivity index (χ2n) is 6.51. The molecule has 5 heteroatoms. The van der Waals surface area contributed by atoms with E-state index in [0.717, 1.165) is 12.8 Å². The molecule has 0 saturated heterocycles. The maximum absolute atomic E-state index is 11.7. The topological polar surface area (TPSA) is 67.8 Å². The molecule has 2 N–H and O–H groups in total. The van der Waals surface area contributed by atoms with Crippen LogP contribution in [0.15, 0.2) is 0 Å². The van der Waals surface area contributed by atoms with Gasteiger partial charge in [0, 0.05) is 19.1 Å². The summed E-state index contributed by atoms with van der Waals surface area (Å²) >= 11 is 0. The van der Waals surface area contributed by atoms with Crippen molar-refractivity contribution in [2.75, 3.05) is 20.3 Å². The van der Waals surface area contributed by atoms with Crippen LogP contribution in [0, 0.1) is 5.41 Å². The number of hydrogen-bond donors (Lipinski definition) is 2. The largest absolute Gasteiger partial charge is 0.444 e. The van der Waals surface area contributed by atoms with E-state index >= 15 is 0 Å². The summed E-state index contributed by atoms with van der Waals surface area (Å²) in [5.41, 5.74) is -0.877. The molecule has 120 valence electrons. The molecule has 0 rings (SSSR count). The second kappa shape index (κ2) is 8.47. The molecule has 20 heavy (non-hydrogen) atoms. The zero-order valence-corrected chi connectivity index (χ0v) is 13.8. The highest BCUT2D eigenvalue weighted by molar-refractivity contribution is 5.67. The van der Waals surface area contributed by atoms with Crippen LogP contribution in [0.5, 0.6) is 0 Å². The molecule has 0 aromatic carbocycles. The lowest BCUT2D eigenvalue weighted by atomic mass is 9.79. The summed E-state index contributed by atoms with van der Waals surface area (Å²) in [5, 5.41) is 12.5. The van der Waals surface area contributed by atoms with E-state index in [2.05, 4.69) is 12.2 Å². The molecule has 0 radical (unpaired) electrons. The molecule has 0 heterocycles. The predicted octanol–water partition coefficient (Wildman–Crippen LogP) is 2.71. The average Bonchev–Trinajstić information content (AvgIpc) is 2.34. The standard InChI is InChI=1S/C15H31NO4/c1-7-8-15(11-17,9-12(2)19-6)10-16-13(18)20-14(3,4)5/h12,17H,7-11H2,1-6H3,(H,16,18). The highest BCUT2D eigenvalue weighted by Gasteiger charge is 2.32. The molecule has 0 saturated carbocycles. The van der Waals surface area contributed by atoms with Crippen molar-refractivity contribution in [3.63, 3.8) is 0 Å². The molecule has 0 aliphatic carbocycles. The van der Waals surface area contributed by atoms with Crippen LogP contribution in [0.25, 0.3) is 0 Å². The van der Waals surface area contributed by atoms with Crippen LogP contribution < -0.4 is 5.32 Å². The Morgan fingerprint density at radius 2 is 1.95 bits per heavy atom. The summed E-state index contributed by atoms with van der Waals surface area (Å²) in [6.45, 7) is 9.91. The molecule has 2 atom stereocenters. The summed E-state index contributed by atoms with van der Waals surface area (Å²) in [7, 11) is 1.65. The first-order valence-corrected chi connectivity index (χ1v) is 7.28. The van der Waals surface area contributed by atoms with Crippen LogP contribution in [0.3, 0.4) is 0 Å². The summed E-state index contributed by atoms with van der Waals surface area (Å²) in [6.07, 6.45) is 2.05. The van der Waals surface area contributed by atoms with Gasteiger partial charge in [0.2, 0.25) is 0 Å². The van der Waals surface area contributed by atoms with Crippen molar-refractivity contribution in [1.29, 1.82) is 0 Å². The monoisotopic (exact) mass is 289 g/mol. The number of rotatable bonds is 8. The van der Waals surface area contributed by atoms with Gasteiger partial charge in [-0.1, -0.05) is 13.3 Å². The Morgan fingerprint density at radius 1 is 1.35 bits per heavy atom. The van der Waals surface area contributed by atoms with Gasteiger partial charge < -0.3 is 19.9 Å². The van der Waals surface area contributed by atoms with Gasteiger partial charge in [-0.3, -0.25) is 0 Å². The lowest BCUT2D eigenvalue weighted by Crippen LogP contribution is -2.43. The number of nitrogens with one attached hydrogen (secondary N) is 1. The first kappa shape index (κ1) is 19.2. The number of hydrogen-bond acceptors (Lipinski definition) is 4. The second-order valence-corrected chi connectivity index (χ2v) is 6.51. The Labute approximate surface area is 123 Å². The third-order valence-electron chi connectivity index (χ3n) is 3.25. The minimum Gasteiger partial charge on any atom is -0.444 e. The first-order valence-electron chi connectivity index (χ1n) is 7.28. The molecule has 1 amide bonds. The van der Waals surface area contributed by atoms with Gasteiger partial charge in [-0.15, -0.1) is 0 Å². The maximum Gasteiger partial charge on any atom is 0.407 e. The number of ether oxygens (including phenoxy) is 2. The zero-order valence-electron chi connectivity index (χ0n) is 13.8. The zero-order chi connectivity index (χ0) is 15.8. The fraction of sp³-hybridized carbons (Fsp3) is 0.933. The van der Waals surface area contributed by atoms with E-state index in [0.29, 0.717) is 13.0 Å². The number of aliphatic hydroxyl groups is 1. The quantitative estimate of drug-likeness (QED) is 0.721. The predicted molar refractivity (Wildman–Crippen MR) is 79.8 cm³/mol. The van der Waals surface area contributed by atoms with E-state index in [1.165, 1.54) is 0 Å². The fourth-order valence-corrected chi connectivity index (χ4v) is 2.26. The van der Waals surface area contributed by atoms with Crippen molar-refractivity contribution in [3.05, 3.63) is 0 Å². The molecule has 0 aliphatic rings. The van der Waals surface area contributed by atoms with E-state index < -0.39 is 11.7 Å². The van der Waals surface area contributed by atoms with E-state index in [1.54, 1.807) is 7.11 Å². The van der Waals surface area contributed by atoms with Crippen LogP contribution in [0.1, 0.15) is 53.9 Å². The summed E-state index contributed by atoms with van der Waals surface area (Å²) < 4.78 is 10.5. The number of carbonyl (C=O) groups is 1. The van der Waals surface area contributed by atoms with E-state index in [-0.39, 0.29) is 18.1 Å². The molecule has 5 nitrogen and oxygen atoms in total. The molecule has 0 aliphatic heterocycles. The first-order chi connectivity index (χ1) is 9.18. The van der Waals surface area contributed by atoms with E-state index in [9.17, 15) is 9.90 Å². The van der Waals surface area contributed by atoms with Gasteiger partial charge in [-0.2, -0.15) is 0 Å². The van der Waals surface area contributed by atoms with Crippen molar-refractivity contribution < 1.29 is 19.4 Å². The van der Waals surface area contributed by atoms with Crippen LogP contribution >= 0.6 is 0 Å². The minimum atomic E-state index is -0.517. The Bertz CT molecular complexity index is 288. The van der Waals surface area contributed by atoms with Gasteiger partial charge in [0.25, 0.3) is 0 Å². The number of methoxy groups -OCH3 is 1. The maximum atomic E-state index is 11.7. The molecule has 0 aromatic rings. The average molecular weight is 289 g/mol. The van der Waals surface area contributed by atoms with Gasteiger partial charge in [0.05, 0.1) is 12.7 Å².